The van der Waals surface area contributed by atoms with Gasteiger partial charge in [-0.15, -0.1) is 11.3 Å². The van der Waals surface area contributed by atoms with Gasteiger partial charge in [0.15, 0.2) is 6.61 Å². The van der Waals surface area contributed by atoms with Gasteiger partial charge in [-0.2, -0.15) is 0 Å². The Bertz CT molecular complexity index is 414. The molecule has 100 valence electrons. The standard InChI is InChI=1S/C12H17NO4S/c1-8(2)3-4-13-11(14)6-17-9-5-10(12(15)16)18-7-9/h5,7-8H,3-4,6H2,1-2H3,(H,13,14)(H,15,16). The van der Waals surface area contributed by atoms with Crippen molar-refractivity contribution in [2.24, 2.45) is 5.92 Å². The van der Waals surface area contributed by atoms with E-state index in [9.17, 15) is 9.59 Å². The summed E-state index contributed by atoms with van der Waals surface area (Å²) in [5.74, 6) is -0.229. The second-order valence-corrected chi connectivity index (χ2v) is 5.18. The number of carbonyl (C=O) groups is 2. The second kappa shape index (κ2) is 7.00. The molecule has 0 bridgehead atoms. The summed E-state index contributed by atoms with van der Waals surface area (Å²) in [4.78, 5) is 22.2. The fourth-order valence-electron chi connectivity index (χ4n) is 1.21. The smallest absolute Gasteiger partial charge is 0.346 e. The van der Waals surface area contributed by atoms with Crippen LogP contribution in [0.4, 0.5) is 0 Å². The number of thiophene rings is 1. The van der Waals surface area contributed by atoms with Crippen LogP contribution in [0, 0.1) is 5.92 Å². The lowest BCUT2D eigenvalue weighted by molar-refractivity contribution is -0.123. The second-order valence-electron chi connectivity index (χ2n) is 4.27. The Kier molecular flexibility index (Phi) is 5.64. The molecule has 0 radical (unpaired) electrons. The average molecular weight is 271 g/mol. The Morgan fingerprint density at radius 1 is 1.50 bits per heavy atom. The summed E-state index contributed by atoms with van der Waals surface area (Å²) >= 11 is 1.07. The lowest BCUT2D eigenvalue weighted by Gasteiger charge is -2.07. The van der Waals surface area contributed by atoms with E-state index in [0.717, 1.165) is 17.8 Å². The fraction of sp³-hybridized carbons (Fsp3) is 0.500. The first-order chi connectivity index (χ1) is 8.49. The highest BCUT2D eigenvalue weighted by atomic mass is 32.1. The van der Waals surface area contributed by atoms with Crippen LogP contribution in [0.1, 0.15) is 29.9 Å². The van der Waals surface area contributed by atoms with Crippen LogP contribution in [0.3, 0.4) is 0 Å². The Hall–Kier alpha value is -1.56. The molecular weight excluding hydrogens is 254 g/mol. The summed E-state index contributed by atoms with van der Waals surface area (Å²) < 4.78 is 5.19. The van der Waals surface area contributed by atoms with E-state index in [1.807, 2.05) is 0 Å². The van der Waals surface area contributed by atoms with Gasteiger partial charge in [-0.3, -0.25) is 4.79 Å². The molecule has 0 aliphatic carbocycles. The Morgan fingerprint density at radius 3 is 2.78 bits per heavy atom. The molecule has 1 aromatic rings. The van der Waals surface area contributed by atoms with Crippen molar-refractivity contribution in [3.05, 3.63) is 16.3 Å². The average Bonchev–Trinajstić information content (AvgIpc) is 2.74. The molecule has 18 heavy (non-hydrogen) atoms. The highest BCUT2D eigenvalue weighted by molar-refractivity contribution is 7.12. The van der Waals surface area contributed by atoms with E-state index in [1.165, 1.54) is 6.07 Å². The third-order valence-electron chi connectivity index (χ3n) is 2.20. The van der Waals surface area contributed by atoms with Gasteiger partial charge in [0.1, 0.15) is 10.6 Å². The van der Waals surface area contributed by atoms with Crippen molar-refractivity contribution in [3.63, 3.8) is 0 Å². The number of aromatic carboxylic acids is 1. The molecule has 1 aromatic heterocycles. The molecule has 2 N–H and O–H groups in total. The van der Waals surface area contributed by atoms with Crippen LogP contribution in [-0.2, 0) is 4.79 Å². The van der Waals surface area contributed by atoms with E-state index >= 15 is 0 Å². The minimum atomic E-state index is -0.990. The monoisotopic (exact) mass is 271 g/mol. The normalized spacial score (nSPS) is 10.4. The number of carboxylic acid groups (broad SMARTS) is 1. The first kappa shape index (κ1) is 14.5. The van der Waals surface area contributed by atoms with Gasteiger partial charge < -0.3 is 15.2 Å². The Labute approximate surface area is 110 Å². The largest absolute Gasteiger partial charge is 0.483 e. The maximum absolute atomic E-state index is 11.4. The molecule has 0 aliphatic rings. The van der Waals surface area contributed by atoms with Gasteiger partial charge in [0.25, 0.3) is 5.91 Å². The van der Waals surface area contributed by atoms with Gasteiger partial charge in [0.05, 0.1) is 0 Å². The molecule has 1 heterocycles. The molecule has 0 fully saturated rings. The van der Waals surface area contributed by atoms with E-state index in [0.29, 0.717) is 18.2 Å². The van der Waals surface area contributed by atoms with Crippen LogP contribution in [0.2, 0.25) is 0 Å². The molecule has 0 saturated heterocycles. The maximum atomic E-state index is 11.4. The molecule has 0 unspecified atom stereocenters. The molecule has 0 spiro atoms. The van der Waals surface area contributed by atoms with E-state index in [2.05, 4.69) is 19.2 Å². The predicted molar refractivity (Wildman–Crippen MR) is 69.2 cm³/mol. The van der Waals surface area contributed by atoms with Crippen LogP contribution in [-0.4, -0.2) is 30.1 Å². The molecule has 6 heteroatoms. The highest BCUT2D eigenvalue weighted by Crippen LogP contribution is 2.21. The van der Waals surface area contributed by atoms with Crippen molar-refractivity contribution in [1.82, 2.24) is 5.32 Å². The molecule has 1 amide bonds. The van der Waals surface area contributed by atoms with Gasteiger partial charge in [0.2, 0.25) is 0 Å². The van der Waals surface area contributed by atoms with Crippen LogP contribution in [0.15, 0.2) is 11.4 Å². The summed E-state index contributed by atoms with van der Waals surface area (Å²) in [7, 11) is 0. The van der Waals surface area contributed by atoms with Crippen LogP contribution in [0.25, 0.3) is 0 Å². The number of nitrogens with one attached hydrogen (secondary N) is 1. The van der Waals surface area contributed by atoms with Crippen LogP contribution >= 0.6 is 11.3 Å². The zero-order chi connectivity index (χ0) is 13.5. The molecule has 1 rings (SSSR count). The SMILES string of the molecule is CC(C)CCNC(=O)COc1csc(C(=O)O)c1. The zero-order valence-corrected chi connectivity index (χ0v) is 11.3. The molecule has 0 aliphatic heterocycles. The van der Waals surface area contributed by atoms with Crippen molar-refractivity contribution in [1.29, 1.82) is 0 Å². The summed E-state index contributed by atoms with van der Waals surface area (Å²) in [6.07, 6.45) is 0.924. The quantitative estimate of drug-likeness (QED) is 0.795. The summed E-state index contributed by atoms with van der Waals surface area (Å²) in [5, 5.41) is 13.0. The number of carbonyl (C=O) groups excluding carboxylic acids is 1. The Balaban J connectivity index is 2.27. The predicted octanol–water partition coefficient (Wildman–Crippen LogP) is 1.99. The minimum absolute atomic E-state index is 0.0894. The van der Waals surface area contributed by atoms with Gasteiger partial charge in [-0.25, -0.2) is 4.79 Å². The number of rotatable bonds is 7. The van der Waals surface area contributed by atoms with E-state index < -0.39 is 5.97 Å². The van der Waals surface area contributed by atoms with Gasteiger partial charge in [-0.05, 0) is 12.3 Å². The number of carboxylic acids is 1. The molecule has 0 aromatic carbocycles. The lowest BCUT2D eigenvalue weighted by atomic mass is 10.1. The van der Waals surface area contributed by atoms with Crippen molar-refractivity contribution in [2.45, 2.75) is 20.3 Å². The number of hydrogen-bond donors (Lipinski definition) is 2. The maximum Gasteiger partial charge on any atom is 0.346 e. The van der Waals surface area contributed by atoms with Crippen molar-refractivity contribution >= 4 is 23.2 Å². The van der Waals surface area contributed by atoms with Crippen LogP contribution < -0.4 is 10.1 Å². The molecule has 0 saturated carbocycles. The summed E-state index contributed by atoms with van der Waals surface area (Å²) in [6, 6.07) is 1.41. The molecule has 5 nitrogen and oxygen atoms in total. The summed E-state index contributed by atoms with van der Waals surface area (Å²) in [6.45, 7) is 4.71. The third kappa shape index (κ3) is 5.18. The first-order valence-corrected chi connectivity index (χ1v) is 6.58. The van der Waals surface area contributed by atoms with E-state index in [1.54, 1.807) is 5.38 Å². The minimum Gasteiger partial charge on any atom is -0.483 e. The first-order valence-electron chi connectivity index (χ1n) is 5.70. The molecule has 0 atom stereocenters. The Morgan fingerprint density at radius 2 is 2.22 bits per heavy atom. The van der Waals surface area contributed by atoms with E-state index in [4.69, 9.17) is 9.84 Å². The van der Waals surface area contributed by atoms with Crippen molar-refractivity contribution in [2.75, 3.05) is 13.2 Å². The van der Waals surface area contributed by atoms with Crippen molar-refractivity contribution in [3.8, 4) is 5.75 Å². The number of hydrogen-bond acceptors (Lipinski definition) is 4. The van der Waals surface area contributed by atoms with Crippen LogP contribution in [0.5, 0.6) is 5.75 Å². The highest BCUT2D eigenvalue weighted by Gasteiger charge is 2.09. The van der Waals surface area contributed by atoms with Crippen molar-refractivity contribution < 1.29 is 19.4 Å². The molecular formula is C12H17NO4S. The van der Waals surface area contributed by atoms with Gasteiger partial charge >= 0.3 is 5.97 Å². The lowest BCUT2D eigenvalue weighted by Crippen LogP contribution is -2.30. The third-order valence-corrected chi connectivity index (χ3v) is 3.10. The van der Waals surface area contributed by atoms with E-state index in [-0.39, 0.29) is 17.4 Å². The topological polar surface area (TPSA) is 75.6 Å². The summed E-state index contributed by atoms with van der Waals surface area (Å²) in [5.41, 5.74) is 0. The zero-order valence-electron chi connectivity index (χ0n) is 10.4. The van der Waals surface area contributed by atoms with Gasteiger partial charge in [0, 0.05) is 18.0 Å². The van der Waals surface area contributed by atoms with Gasteiger partial charge in [-0.1, -0.05) is 13.8 Å². The number of amides is 1. The fourth-order valence-corrected chi connectivity index (χ4v) is 1.87. The number of ether oxygens (including phenoxy) is 1.